The minimum absolute atomic E-state index is 0.818. The van der Waals surface area contributed by atoms with Crippen LogP contribution in [0.5, 0.6) is 0 Å². The molecule has 1 aromatic carbocycles. The largest absolute Gasteiger partial charge is 0.355 e. The highest BCUT2D eigenvalue weighted by Gasteiger charge is 2.08. The predicted octanol–water partition coefficient (Wildman–Crippen LogP) is 4.38. The van der Waals surface area contributed by atoms with Gasteiger partial charge in [0, 0.05) is 35.2 Å². The molecule has 18 heavy (non-hydrogen) atoms. The van der Waals surface area contributed by atoms with Gasteiger partial charge in [-0.1, -0.05) is 50.1 Å². The zero-order valence-corrected chi connectivity index (χ0v) is 13.3. The van der Waals surface area contributed by atoms with Gasteiger partial charge in [0.25, 0.3) is 0 Å². The molecule has 0 N–H and O–H groups in total. The second kappa shape index (κ2) is 6.34. The van der Waals surface area contributed by atoms with Crippen LogP contribution in [-0.2, 0) is 11.9 Å². The molecule has 2 nitrogen and oxygen atoms in total. The summed E-state index contributed by atoms with van der Waals surface area (Å²) in [4.78, 5) is 6.62. The molecule has 0 spiro atoms. The van der Waals surface area contributed by atoms with Crippen LogP contribution in [0, 0.1) is 0 Å². The number of benzene rings is 1. The van der Waals surface area contributed by atoms with E-state index in [2.05, 4.69) is 73.1 Å². The van der Waals surface area contributed by atoms with Crippen LogP contribution < -0.4 is 4.90 Å². The first-order chi connectivity index (χ1) is 8.70. The summed E-state index contributed by atoms with van der Waals surface area (Å²) in [7, 11) is 2.06. The van der Waals surface area contributed by atoms with Gasteiger partial charge >= 0.3 is 0 Å². The Bertz CT molecular complexity index is 529. The monoisotopic (exact) mass is 368 g/mol. The van der Waals surface area contributed by atoms with E-state index in [-0.39, 0.29) is 0 Å². The van der Waals surface area contributed by atoms with Crippen LogP contribution in [0.3, 0.4) is 0 Å². The Labute approximate surface area is 124 Å². The fourth-order valence-electron chi connectivity index (χ4n) is 1.86. The molecule has 2 rings (SSSR count). The third-order valence-corrected chi connectivity index (χ3v) is 3.78. The van der Waals surface area contributed by atoms with Crippen molar-refractivity contribution in [2.24, 2.45) is 0 Å². The summed E-state index contributed by atoms with van der Waals surface area (Å²) < 4.78 is 1.11. The second-order valence-electron chi connectivity index (χ2n) is 4.11. The number of hydrogen-bond acceptors (Lipinski definition) is 2. The van der Waals surface area contributed by atoms with Gasteiger partial charge in [0.15, 0.2) is 0 Å². The Morgan fingerprint density at radius 3 is 2.78 bits per heavy atom. The molecule has 0 fully saturated rings. The second-order valence-corrected chi connectivity index (χ2v) is 5.58. The van der Waals surface area contributed by atoms with E-state index in [1.54, 1.807) is 0 Å². The summed E-state index contributed by atoms with van der Waals surface area (Å²) in [6.07, 6.45) is 1.83. The highest BCUT2D eigenvalue weighted by molar-refractivity contribution is 9.10. The summed E-state index contributed by atoms with van der Waals surface area (Å²) in [6.45, 7) is 0.844. The third kappa shape index (κ3) is 3.33. The minimum atomic E-state index is 0.818. The Balaban J connectivity index is 2.19. The van der Waals surface area contributed by atoms with Crippen molar-refractivity contribution in [1.29, 1.82) is 0 Å². The van der Waals surface area contributed by atoms with Gasteiger partial charge in [-0.05, 0) is 23.8 Å². The lowest BCUT2D eigenvalue weighted by atomic mass is 10.2. The quantitative estimate of drug-likeness (QED) is 0.743. The predicted molar refractivity (Wildman–Crippen MR) is 83.1 cm³/mol. The molecule has 0 saturated heterocycles. The molecule has 0 saturated carbocycles. The molecule has 0 aliphatic rings. The first-order valence-corrected chi connectivity index (χ1v) is 7.57. The highest BCUT2D eigenvalue weighted by atomic mass is 79.9. The van der Waals surface area contributed by atoms with Gasteiger partial charge in [0.05, 0.1) is 0 Å². The lowest BCUT2D eigenvalue weighted by molar-refractivity contribution is 0.889. The van der Waals surface area contributed by atoms with E-state index < -0.39 is 0 Å². The van der Waals surface area contributed by atoms with Crippen LogP contribution in [0.2, 0.25) is 0 Å². The average Bonchev–Trinajstić information content (AvgIpc) is 2.38. The van der Waals surface area contributed by atoms with E-state index in [1.807, 2.05) is 18.3 Å². The standard InChI is InChI=1S/C14H14Br2N2/c1-18(10-11-4-2-6-13(16)8-11)14-12(9-15)5-3-7-17-14/h2-8H,9-10H2,1H3. The van der Waals surface area contributed by atoms with Crippen LogP contribution in [0.4, 0.5) is 5.82 Å². The summed E-state index contributed by atoms with van der Waals surface area (Å²) >= 11 is 6.99. The van der Waals surface area contributed by atoms with E-state index >= 15 is 0 Å². The number of nitrogens with zero attached hydrogens (tertiary/aromatic N) is 2. The number of alkyl halides is 1. The average molecular weight is 370 g/mol. The molecule has 1 heterocycles. The Hall–Kier alpha value is -0.870. The molecule has 4 heteroatoms. The number of pyridine rings is 1. The molecule has 94 valence electrons. The van der Waals surface area contributed by atoms with Crippen molar-refractivity contribution in [3.8, 4) is 0 Å². The number of halogens is 2. The van der Waals surface area contributed by atoms with Crippen LogP contribution in [0.1, 0.15) is 11.1 Å². The van der Waals surface area contributed by atoms with E-state index in [1.165, 1.54) is 11.1 Å². The first kappa shape index (κ1) is 13.6. The highest BCUT2D eigenvalue weighted by Crippen LogP contribution is 2.21. The molecule has 2 aromatic rings. The minimum Gasteiger partial charge on any atom is -0.355 e. The van der Waals surface area contributed by atoms with Gasteiger partial charge < -0.3 is 4.90 Å². The van der Waals surface area contributed by atoms with Gasteiger partial charge in [-0.2, -0.15) is 0 Å². The molecule has 0 atom stereocenters. The SMILES string of the molecule is CN(Cc1cccc(Br)c1)c1ncccc1CBr. The van der Waals surface area contributed by atoms with E-state index in [0.29, 0.717) is 0 Å². The molecule has 0 amide bonds. The number of anilines is 1. The van der Waals surface area contributed by atoms with Gasteiger partial charge in [-0.15, -0.1) is 0 Å². The number of aromatic nitrogens is 1. The number of hydrogen-bond donors (Lipinski definition) is 0. The summed E-state index contributed by atoms with van der Waals surface area (Å²) in [5.41, 5.74) is 2.47. The van der Waals surface area contributed by atoms with E-state index in [0.717, 1.165) is 22.2 Å². The fourth-order valence-corrected chi connectivity index (χ4v) is 2.75. The molecular formula is C14H14Br2N2. The summed E-state index contributed by atoms with van der Waals surface area (Å²) in [5.74, 6) is 1.02. The molecule has 0 unspecified atom stereocenters. The Morgan fingerprint density at radius 2 is 2.06 bits per heavy atom. The Morgan fingerprint density at radius 1 is 1.22 bits per heavy atom. The topological polar surface area (TPSA) is 16.1 Å². The maximum Gasteiger partial charge on any atom is 0.132 e. The lowest BCUT2D eigenvalue weighted by Crippen LogP contribution is -2.19. The number of rotatable bonds is 4. The van der Waals surface area contributed by atoms with Gasteiger partial charge in [-0.25, -0.2) is 4.98 Å². The summed E-state index contributed by atoms with van der Waals surface area (Å²) in [6, 6.07) is 12.4. The molecular weight excluding hydrogens is 356 g/mol. The third-order valence-electron chi connectivity index (χ3n) is 2.68. The van der Waals surface area contributed by atoms with Crippen molar-refractivity contribution in [2.45, 2.75) is 11.9 Å². The van der Waals surface area contributed by atoms with Gasteiger partial charge in [0.1, 0.15) is 5.82 Å². The van der Waals surface area contributed by atoms with Crippen LogP contribution in [0.15, 0.2) is 47.1 Å². The van der Waals surface area contributed by atoms with Crippen molar-refractivity contribution in [3.05, 3.63) is 58.2 Å². The van der Waals surface area contributed by atoms with Crippen molar-refractivity contribution in [1.82, 2.24) is 4.98 Å². The zero-order valence-electron chi connectivity index (χ0n) is 10.1. The molecule has 0 bridgehead atoms. The van der Waals surface area contributed by atoms with Gasteiger partial charge in [0.2, 0.25) is 0 Å². The Kier molecular flexibility index (Phi) is 4.78. The first-order valence-electron chi connectivity index (χ1n) is 5.66. The molecule has 0 aliphatic heterocycles. The van der Waals surface area contributed by atoms with Crippen molar-refractivity contribution in [3.63, 3.8) is 0 Å². The smallest absolute Gasteiger partial charge is 0.132 e. The zero-order chi connectivity index (χ0) is 13.0. The van der Waals surface area contributed by atoms with Crippen LogP contribution in [-0.4, -0.2) is 12.0 Å². The van der Waals surface area contributed by atoms with Crippen LogP contribution in [0.25, 0.3) is 0 Å². The molecule has 0 aliphatic carbocycles. The lowest BCUT2D eigenvalue weighted by Gasteiger charge is -2.20. The van der Waals surface area contributed by atoms with Crippen molar-refractivity contribution < 1.29 is 0 Å². The maximum atomic E-state index is 4.45. The maximum absolute atomic E-state index is 4.45. The molecule has 0 radical (unpaired) electrons. The van der Waals surface area contributed by atoms with E-state index in [9.17, 15) is 0 Å². The van der Waals surface area contributed by atoms with Crippen molar-refractivity contribution >= 4 is 37.7 Å². The van der Waals surface area contributed by atoms with Gasteiger partial charge in [-0.3, -0.25) is 0 Å². The van der Waals surface area contributed by atoms with E-state index in [4.69, 9.17) is 0 Å². The van der Waals surface area contributed by atoms with Crippen LogP contribution >= 0.6 is 31.9 Å². The normalized spacial score (nSPS) is 10.4. The summed E-state index contributed by atoms with van der Waals surface area (Å²) in [5, 5.41) is 0.818. The molecule has 1 aromatic heterocycles. The fraction of sp³-hybridized carbons (Fsp3) is 0.214. The van der Waals surface area contributed by atoms with Crippen molar-refractivity contribution in [2.75, 3.05) is 11.9 Å².